The number of nitrogens with two attached hydrogens (primary N) is 1. The highest BCUT2D eigenvalue weighted by molar-refractivity contribution is 5.81. The van der Waals surface area contributed by atoms with Crippen molar-refractivity contribution < 1.29 is 0 Å². The van der Waals surface area contributed by atoms with Crippen LogP contribution in [0.4, 0.5) is 11.4 Å². The number of nitrogen functional groups attached to an aromatic ring is 1. The molecule has 0 unspecified atom stereocenters. The van der Waals surface area contributed by atoms with Crippen LogP contribution in [0.5, 0.6) is 0 Å². The molecule has 0 aliphatic carbocycles. The van der Waals surface area contributed by atoms with Crippen LogP contribution in [0.3, 0.4) is 0 Å². The summed E-state index contributed by atoms with van der Waals surface area (Å²) in [6, 6.07) is 63.3. The Labute approximate surface area is 299 Å². The van der Waals surface area contributed by atoms with E-state index in [9.17, 15) is 0 Å². The van der Waals surface area contributed by atoms with Crippen molar-refractivity contribution in [3.8, 4) is 78.4 Å². The van der Waals surface area contributed by atoms with Crippen molar-refractivity contribution in [2.75, 3.05) is 18.1 Å². The standard InChI is InChI=1S/C47H36N4/c1-49-44-24-10-20-40(30-44)36-16-6-14-34(26-36)38-18-8-22-42(28-38)46-31-45(50-47(51-46)32-11-3-2-4-12-32)41-21-7-17-37(27-41)33-13-5-15-35(25-33)39-19-9-23-43(48)29-39/h2-31,49H,48H2,1H3. The van der Waals surface area contributed by atoms with Gasteiger partial charge in [-0.2, -0.15) is 0 Å². The van der Waals surface area contributed by atoms with Gasteiger partial charge in [0.05, 0.1) is 11.4 Å². The molecule has 0 aliphatic heterocycles. The summed E-state index contributed by atoms with van der Waals surface area (Å²) in [6.45, 7) is 0. The fourth-order valence-electron chi connectivity index (χ4n) is 6.50. The summed E-state index contributed by atoms with van der Waals surface area (Å²) in [5.74, 6) is 0.689. The van der Waals surface area contributed by atoms with Crippen LogP contribution in [0.15, 0.2) is 182 Å². The van der Waals surface area contributed by atoms with Gasteiger partial charge >= 0.3 is 0 Å². The minimum absolute atomic E-state index is 0.689. The number of anilines is 2. The number of hydrogen-bond acceptors (Lipinski definition) is 4. The topological polar surface area (TPSA) is 63.8 Å². The van der Waals surface area contributed by atoms with Crippen molar-refractivity contribution in [2.45, 2.75) is 0 Å². The molecule has 0 saturated heterocycles. The van der Waals surface area contributed by atoms with Gasteiger partial charge in [0.25, 0.3) is 0 Å². The van der Waals surface area contributed by atoms with Crippen LogP contribution < -0.4 is 11.1 Å². The summed E-state index contributed by atoms with van der Waals surface area (Å²) in [4.78, 5) is 10.2. The second-order valence-corrected chi connectivity index (χ2v) is 12.6. The highest BCUT2D eigenvalue weighted by Gasteiger charge is 2.13. The number of aromatic nitrogens is 2. The molecule has 1 heterocycles. The Morgan fingerprint density at radius 1 is 0.353 bits per heavy atom. The first-order valence-electron chi connectivity index (χ1n) is 17.1. The van der Waals surface area contributed by atoms with Crippen LogP contribution >= 0.6 is 0 Å². The van der Waals surface area contributed by atoms with E-state index < -0.39 is 0 Å². The van der Waals surface area contributed by atoms with E-state index in [0.29, 0.717) is 5.82 Å². The van der Waals surface area contributed by atoms with Gasteiger partial charge in [0.1, 0.15) is 0 Å². The van der Waals surface area contributed by atoms with Crippen LogP contribution in [0.25, 0.3) is 78.4 Å². The molecule has 244 valence electrons. The van der Waals surface area contributed by atoms with Crippen LogP contribution in [-0.4, -0.2) is 17.0 Å². The second kappa shape index (κ2) is 14.0. The Hall–Kier alpha value is -6.78. The Morgan fingerprint density at radius 2 is 0.725 bits per heavy atom. The van der Waals surface area contributed by atoms with Gasteiger partial charge in [-0.05, 0) is 99.1 Å². The van der Waals surface area contributed by atoms with Gasteiger partial charge in [0.15, 0.2) is 5.82 Å². The van der Waals surface area contributed by atoms with Gasteiger partial charge < -0.3 is 11.1 Å². The monoisotopic (exact) mass is 656 g/mol. The highest BCUT2D eigenvalue weighted by atomic mass is 14.9. The Bertz CT molecular complexity index is 2480. The van der Waals surface area contributed by atoms with Crippen molar-refractivity contribution in [2.24, 2.45) is 0 Å². The lowest BCUT2D eigenvalue weighted by atomic mass is 9.96. The zero-order chi connectivity index (χ0) is 34.6. The number of benzene rings is 7. The first kappa shape index (κ1) is 31.5. The molecular formula is C47H36N4. The lowest BCUT2D eigenvalue weighted by Gasteiger charge is -2.12. The maximum absolute atomic E-state index is 6.10. The first-order valence-corrected chi connectivity index (χ1v) is 17.1. The molecule has 7 aromatic carbocycles. The Balaban J connectivity index is 1.19. The molecule has 4 nitrogen and oxygen atoms in total. The summed E-state index contributed by atoms with van der Waals surface area (Å²) in [5.41, 5.74) is 21.8. The maximum atomic E-state index is 6.10. The van der Waals surface area contributed by atoms with Crippen molar-refractivity contribution >= 4 is 11.4 Å². The molecule has 8 rings (SSSR count). The minimum Gasteiger partial charge on any atom is -0.399 e. The smallest absolute Gasteiger partial charge is 0.160 e. The zero-order valence-electron chi connectivity index (χ0n) is 28.3. The molecule has 0 atom stereocenters. The molecule has 0 aliphatic rings. The van der Waals surface area contributed by atoms with E-state index in [2.05, 4.69) is 151 Å². The third-order valence-corrected chi connectivity index (χ3v) is 9.17. The molecule has 0 radical (unpaired) electrons. The van der Waals surface area contributed by atoms with E-state index in [1.807, 2.05) is 43.4 Å². The molecule has 0 fully saturated rings. The molecule has 0 amide bonds. The molecule has 0 saturated carbocycles. The molecule has 0 bridgehead atoms. The van der Waals surface area contributed by atoms with Gasteiger partial charge in [0.2, 0.25) is 0 Å². The molecule has 8 aromatic rings. The van der Waals surface area contributed by atoms with E-state index >= 15 is 0 Å². The molecule has 1 aromatic heterocycles. The number of hydrogen-bond donors (Lipinski definition) is 2. The summed E-state index contributed by atoms with van der Waals surface area (Å²) in [5, 5.41) is 3.25. The quantitative estimate of drug-likeness (QED) is 0.160. The normalized spacial score (nSPS) is 10.9. The summed E-state index contributed by atoms with van der Waals surface area (Å²) in [6.07, 6.45) is 0. The summed E-state index contributed by atoms with van der Waals surface area (Å²) < 4.78 is 0. The number of nitrogens with one attached hydrogen (secondary N) is 1. The SMILES string of the molecule is CNc1cccc(-c2cccc(-c3cccc(-c4cc(-c5cccc(-c6cccc(-c7cccc(N)c7)c6)c5)nc(-c5ccccc5)n4)c3)c2)c1. The first-order chi connectivity index (χ1) is 25.1. The van der Waals surface area contributed by atoms with Crippen LogP contribution in [-0.2, 0) is 0 Å². The lowest BCUT2D eigenvalue weighted by molar-refractivity contribution is 1.18. The van der Waals surface area contributed by atoms with Crippen LogP contribution in [0, 0.1) is 0 Å². The molecule has 51 heavy (non-hydrogen) atoms. The maximum Gasteiger partial charge on any atom is 0.160 e. The fraction of sp³-hybridized carbons (Fsp3) is 0.0213. The molecular weight excluding hydrogens is 621 g/mol. The fourth-order valence-corrected chi connectivity index (χ4v) is 6.50. The average molecular weight is 657 g/mol. The summed E-state index contributed by atoms with van der Waals surface area (Å²) in [7, 11) is 1.95. The van der Waals surface area contributed by atoms with Crippen molar-refractivity contribution in [3.05, 3.63) is 182 Å². The predicted octanol–water partition coefficient (Wildman–Crippen LogP) is 11.8. The van der Waals surface area contributed by atoms with Gasteiger partial charge in [0, 0.05) is 35.1 Å². The van der Waals surface area contributed by atoms with E-state index in [-0.39, 0.29) is 0 Å². The van der Waals surface area contributed by atoms with Gasteiger partial charge in [-0.25, -0.2) is 9.97 Å². The molecule has 4 heteroatoms. The van der Waals surface area contributed by atoms with Crippen molar-refractivity contribution in [3.63, 3.8) is 0 Å². The lowest BCUT2D eigenvalue weighted by Crippen LogP contribution is -1.96. The Morgan fingerprint density at radius 3 is 1.20 bits per heavy atom. The van der Waals surface area contributed by atoms with Crippen molar-refractivity contribution in [1.29, 1.82) is 0 Å². The number of nitrogens with zero attached hydrogens (tertiary/aromatic N) is 2. The van der Waals surface area contributed by atoms with E-state index in [4.69, 9.17) is 15.7 Å². The van der Waals surface area contributed by atoms with E-state index in [0.717, 1.165) is 72.8 Å². The zero-order valence-corrected chi connectivity index (χ0v) is 28.3. The minimum atomic E-state index is 0.689. The Kier molecular flexibility index (Phi) is 8.63. The summed E-state index contributed by atoms with van der Waals surface area (Å²) >= 11 is 0. The molecule has 3 N–H and O–H groups in total. The van der Waals surface area contributed by atoms with Crippen molar-refractivity contribution in [1.82, 2.24) is 9.97 Å². The largest absolute Gasteiger partial charge is 0.399 e. The van der Waals surface area contributed by atoms with Crippen LogP contribution in [0.1, 0.15) is 0 Å². The molecule has 0 spiro atoms. The number of rotatable bonds is 8. The van der Waals surface area contributed by atoms with E-state index in [1.54, 1.807) is 0 Å². The van der Waals surface area contributed by atoms with Gasteiger partial charge in [-0.15, -0.1) is 0 Å². The average Bonchev–Trinajstić information content (AvgIpc) is 3.21. The van der Waals surface area contributed by atoms with Gasteiger partial charge in [-0.1, -0.05) is 127 Å². The van der Waals surface area contributed by atoms with Gasteiger partial charge in [-0.3, -0.25) is 0 Å². The second-order valence-electron chi connectivity index (χ2n) is 12.6. The van der Waals surface area contributed by atoms with Crippen LogP contribution in [0.2, 0.25) is 0 Å². The third-order valence-electron chi connectivity index (χ3n) is 9.17. The van der Waals surface area contributed by atoms with E-state index in [1.165, 1.54) is 11.1 Å². The third kappa shape index (κ3) is 6.89. The highest BCUT2D eigenvalue weighted by Crippen LogP contribution is 2.34. The predicted molar refractivity (Wildman–Crippen MR) is 214 cm³/mol.